The van der Waals surface area contributed by atoms with Gasteiger partial charge in [-0.05, 0) is 36.6 Å². The Morgan fingerprint density at radius 1 is 1.29 bits per heavy atom. The lowest BCUT2D eigenvalue weighted by atomic mass is 10.2. The topological polar surface area (TPSA) is 52.6 Å². The number of ether oxygens (including phenoxy) is 2. The van der Waals surface area contributed by atoms with Crippen molar-refractivity contribution in [1.29, 1.82) is 0 Å². The quantitative estimate of drug-likeness (QED) is 0.619. The molecule has 0 saturated heterocycles. The number of halogens is 2. The third-order valence-electron chi connectivity index (χ3n) is 3.02. The molecule has 0 unspecified atom stereocenters. The molecular formula is C15H14F2O4. The van der Waals surface area contributed by atoms with E-state index >= 15 is 0 Å². The monoisotopic (exact) mass is 296 g/mol. The normalized spacial score (nSPS) is 18.4. The van der Waals surface area contributed by atoms with Gasteiger partial charge < -0.3 is 9.47 Å². The van der Waals surface area contributed by atoms with Crippen LogP contribution in [0.3, 0.4) is 0 Å². The predicted octanol–water partition coefficient (Wildman–Crippen LogP) is 2.97. The zero-order valence-electron chi connectivity index (χ0n) is 11.1. The van der Waals surface area contributed by atoms with Crippen molar-refractivity contribution in [3.63, 3.8) is 0 Å². The first kappa shape index (κ1) is 15.2. The van der Waals surface area contributed by atoms with E-state index < -0.39 is 18.7 Å². The Morgan fingerprint density at radius 2 is 2.00 bits per heavy atom. The lowest BCUT2D eigenvalue weighted by Gasteiger charge is -2.07. The number of esters is 1. The highest BCUT2D eigenvalue weighted by atomic mass is 19.3. The molecule has 1 aromatic carbocycles. The standard InChI is InChI=1S/C15H14F2O4/c16-15(17)20-11-7-4-10(5-8-11)6-9-14(19)21-13-3-1-2-12(13)18/h4-9,13,15H,1-3H2/b9-6+/t13-/m1/s1. The number of carbonyl (C=O) groups is 2. The maximum Gasteiger partial charge on any atom is 0.387 e. The molecule has 1 saturated carbocycles. The molecule has 0 radical (unpaired) electrons. The molecule has 0 amide bonds. The summed E-state index contributed by atoms with van der Waals surface area (Å²) in [6, 6.07) is 5.81. The fourth-order valence-electron chi connectivity index (χ4n) is 2.01. The summed E-state index contributed by atoms with van der Waals surface area (Å²) in [7, 11) is 0. The van der Waals surface area contributed by atoms with Gasteiger partial charge in [0.1, 0.15) is 5.75 Å². The van der Waals surface area contributed by atoms with Gasteiger partial charge in [0.25, 0.3) is 0 Å². The van der Waals surface area contributed by atoms with E-state index in [-0.39, 0.29) is 11.5 Å². The highest BCUT2D eigenvalue weighted by Gasteiger charge is 2.27. The fourth-order valence-corrected chi connectivity index (χ4v) is 2.01. The first-order valence-corrected chi connectivity index (χ1v) is 6.51. The van der Waals surface area contributed by atoms with E-state index in [4.69, 9.17) is 4.74 Å². The van der Waals surface area contributed by atoms with Crippen molar-refractivity contribution >= 4 is 17.8 Å². The van der Waals surface area contributed by atoms with Crippen molar-refractivity contribution in [2.45, 2.75) is 32.0 Å². The molecule has 0 heterocycles. The van der Waals surface area contributed by atoms with Crippen molar-refractivity contribution in [1.82, 2.24) is 0 Å². The summed E-state index contributed by atoms with van der Waals surface area (Å²) in [4.78, 5) is 22.9. The van der Waals surface area contributed by atoms with Gasteiger partial charge in [-0.25, -0.2) is 4.79 Å². The maximum atomic E-state index is 12.0. The molecule has 1 fully saturated rings. The van der Waals surface area contributed by atoms with Crippen LogP contribution in [0.1, 0.15) is 24.8 Å². The number of hydrogen-bond donors (Lipinski definition) is 0. The summed E-state index contributed by atoms with van der Waals surface area (Å²) in [5.74, 6) is -0.602. The van der Waals surface area contributed by atoms with Gasteiger partial charge in [-0.3, -0.25) is 4.79 Å². The van der Waals surface area contributed by atoms with Crippen LogP contribution in [0, 0.1) is 0 Å². The highest BCUT2D eigenvalue weighted by Crippen LogP contribution is 2.18. The lowest BCUT2D eigenvalue weighted by Crippen LogP contribution is -2.20. The third kappa shape index (κ3) is 4.66. The summed E-state index contributed by atoms with van der Waals surface area (Å²) >= 11 is 0. The Bertz CT molecular complexity index is 537. The minimum Gasteiger partial charge on any atom is -0.451 e. The number of ketones is 1. The number of rotatable bonds is 5. The zero-order valence-corrected chi connectivity index (χ0v) is 11.1. The van der Waals surface area contributed by atoms with Crippen LogP contribution in [0.15, 0.2) is 30.3 Å². The van der Waals surface area contributed by atoms with Crippen LogP contribution in [-0.2, 0) is 14.3 Å². The van der Waals surface area contributed by atoms with Crippen LogP contribution in [0.25, 0.3) is 6.08 Å². The molecule has 0 N–H and O–H groups in total. The molecule has 2 rings (SSSR count). The van der Waals surface area contributed by atoms with Gasteiger partial charge in [0.15, 0.2) is 11.9 Å². The zero-order chi connectivity index (χ0) is 15.2. The second-order valence-corrected chi connectivity index (χ2v) is 4.56. The van der Waals surface area contributed by atoms with E-state index in [1.54, 1.807) is 0 Å². The van der Waals surface area contributed by atoms with Crippen molar-refractivity contribution < 1.29 is 27.8 Å². The molecular weight excluding hydrogens is 282 g/mol. The summed E-state index contributed by atoms with van der Waals surface area (Å²) in [6.07, 6.45) is 3.81. The van der Waals surface area contributed by atoms with E-state index in [0.29, 0.717) is 18.4 Å². The van der Waals surface area contributed by atoms with Crippen LogP contribution in [0.4, 0.5) is 8.78 Å². The molecule has 1 atom stereocenters. The Morgan fingerprint density at radius 3 is 2.57 bits per heavy atom. The molecule has 4 nitrogen and oxygen atoms in total. The Balaban J connectivity index is 1.88. The molecule has 0 spiro atoms. The number of alkyl halides is 2. The van der Waals surface area contributed by atoms with E-state index in [1.165, 1.54) is 36.4 Å². The van der Waals surface area contributed by atoms with Crippen molar-refractivity contribution in [2.75, 3.05) is 0 Å². The third-order valence-corrected chi connectivity index (χ3v) is 3.02. The predicted molar refractivity (Wildman–Crippen MR) is 70.8 cm³/mol. The molecule has 6 heteroatoms. The second kappa shape index (κ2) is 6.97. The molecule has 1 aliphatic rings. The van der Waals surface area contributed by atoms with Gasteiger partial charge in [0, 0.05) is 12.5 Å². The minimum atomic E-state index is -2.87. The molecule has 0 aliphatic heterocycles. The number of hydrogen-bond acceptors (Lipinski definition) is 4. The van der Waals surface area contributed by atoms with Crippen LogP contribution in [-0.4, -0.2) is 24.5 Å². The van der Waals surface area contributed by atoms with Gasteiger partial charge in [0.05, 0.1) is 0 Å². The minimum absolute atomic E-state index is 0.0429. The SMILES string of the molecule is O=C(/C=C/c1ccc(OC(F)F)cc1)O[C@@H]1CCCC1=O. The van der Waals surface area contributed by atoms with E-state index in [2.05, 4.69) is 4.74 Å². The van der Waals surface area contributed by atoms with E-state index in [0.717, 1.165) is 6.42 Å². The Hall–Kier alpha value is -2.24. The van der Waals surface area contributed by atoms with Gasteiger partial charge in [0.2, 0.25) is 0 Å². The average Bonchev–Trinajstić information content (AvgIpc) is 2.83. The van der Waals surface area contributed by atoms with Gasteiger partial charge in [-0.15, -0.1) is 0 Å². The fraction of sp³-hybridized carbons (Fsp3) is 0.333. The summed E-state index contributed by atoms with van der Waals surface area (Å²) in [5.41, 5.74) is 0.631. The Labute approximate surface area is 120 Å². The van der Waals surface area contributed by atoms with Crippen LogP contribution in [0.5, 0.6) is 5.75 Å². The van der Waals surface area contributed by atoms with Gasteiger partial charge in [-0.2, -0.15) is 8.78 Å². The van der Waals surface area contributed by atoms with E-state index in [1.807, 2.05) is 0 Å². The van der Waals surface area contributed by atoms with E-state index in [9.17, 15) is 18.4 Å². The number of benzene rings is 1. The van der Waals surface area contributed by atoms with Crippen molar-refractivity contribution in [2.24, 2.45) is 0 Å². The molecule has 21 heavy (non-hydrogen) atoms. The molecule has 0 bridgehead atoms. The van der Waals surface area contributed by atoms with Crippen molar-refractivity contribution in [3.8, 4) is 5.75 Å². The molecule has 0 aromatic heterocycles. The first-order chi connectivity index (χ1) is 10.0. The average molecular weight is 296 g/mol. The van der Waals surface area contributed by atoms with Gasteiger partial charge in [-0.1, -0.05) is 12.1 Å². The Kier molecular flexibility index (Phi) is 5.03. The molecule has 1 aromatic rings. The van der Waals surface area contributed by atoms with Crippen LogP contribution >= 0.6 is 0 Å². The summed E-state index contributed by atoms with van der Waals surface area (Å²) < 4.78 is 33.2. The summed E-state index contributed by atoms with van der Waals surface area (Å²) in [5, 5.41) is 0. The number of carbonyl (C=O) groups excluding carboxylic acids is 2. The van der Waals surface area contributed by atoms with Crippen molar-refractivity contribution in [3.05, 3.63) is 35.9 Å². The molecule has 1 aliphatic carbocycles. The summed E-state index contributed by atoms with van der Waals surface area (Å²) in [6.45, 7) is -2.87. The second-order valence-electron chi connectivity index (χ2n) is 4.56. The van der Waals surface area contributed by atoms with Crippen LogP contribution < -0.4 is 4.74 Å². The van der Waals surface area contributed by atoms with Crippen LogP contribution in [0.2, 0.25) is 0 Å². The lowest BCUT2D eigenvalue weighted by molar-refractivity contribution is -0.148. The highest BCUT2D eigenvalue weighted by molar-refractivity contribution is 5.91. The smallest absolute Gasteiger partial charge is 0.387 e. The first-order valence-electron chi connectivity index (χ1n) is 6.51. The molecule has 112 valence electrons. The maximum absolute atomic E-state index is 12.0. The van der Waals surface area contributed by atoms with Gasteiger partial charge >= 0.3 is 12.6 Å². The number of Topliss-reactive ketones (excluding diaryl/α,β-unsaturated/α-hetero) is 1. The largest absolute Gasteiger partial charge is 0.451 e.